The molecule has 0 fully saturated rings. The molecule has 0 saturated heterocycles. The van der Waals surface area contributed by atoms with E-state index in [1.807, 2.05) is 6.07 Å². The van der Waals surface area contributed by atoms with E-state index in [1.165, 1.54) is 18.2 Å². The third-order valence-electron chi connectivity index (χ3n) is 3.04. The number of rotatable bonds is 3. The molecule has 1 N–H and O–H groups in total. The molecule has 0 heterocycles. The van der Waals surface area contributed by atoms with Crippen LogP contribution in [0, 0.1) is 18.6 Å². The highest BCUT2D eigenvalue weighted by atomic mass is 79.9. The Bertz CT molecular complexity index is 626. The lowest BCUT2D eigenvalue weighted by molar-refractivity contribution is 0.570. The van der Waals surface area contributed by atoms with Gasteiger partial charge < -0.3 is 5.32 Å². The van der Waals surface area contributed by atoms with E-state index < -0.39 is 11.9 Å². The molecule has 2 rings (SSSR count). The Kier molecular flexibility index (Phi) is 4.78. The lowest BCUT2D eigenvalue weighted by atomic mass is 9.97. The van der Waals surface area contributed by atoms with Crippen molar-refractivity contribution in [3.63, 3.8) is 0 Å². The fourth-order valence-electron chi connectivity index (χ4n) is 2.19. The minimum absolute atomic E-state index is 0.344. The van der Waals surface area contributed by atoms with Crippen molar-refractivity contribution in [2.75, 3.05) is 7.05 Å². The predicted molar refractivity (Wildman–Crippen MR) is 81.1 cm³/mol. The Labute approximate surface area is 130 Å². The molecule has 0 aliphatic heterocycles. The third-order valence-corrected chi connectivity index (χ3v) is 4.23. The van der Waals surface area contributed by atoms with Crippen LogP contribution in [0.25, 0.3) is 0 Å². The van der Waals surface area contributed by atoms with E-state index in [1.54, 1.807) is 20.0 Å². The zero-order chi connectivity index (χ0) is 14.9. The van der Waals surface area contributed by atoms with E-state index in [0.717, 1.165) is 5.56 Å². The van der Waals surface area contributed by atoms with Gasteiger partial charge in [-0.2, -0.15) is 0 Å². The van der Waals surface area contributed by atoms with Crippen LogP contribution < -0.4 is 5.32 Å². The van der Waals surface area contributed by atoms with E-state index in [2.05, 4.69) is 21.2 Å². The molecule has 2 aromatic rings. The second-order valence-corrected chi connectivity index (χ2v) is 5.83. The molecule has 2 aromatic carbocycles. The van der Waals surface area contributed by atoms with Crippen molar-refractivity contribution < 1.29 is 8.78 Å². The first-order valence-corrected chi connectivity index (χ1v) is 7.18. The molecule has 106 valence electrons. The highest BCUT2D eigenvalue weighted by Crippen LogP contribution is 2.32. The highest BCUT2D eigenvalue weighted by Gasteiger charge is 2.19. The van der Waals surface area contributed by atoms with Gasteiger partial charge in [-0.05, 0) is 65.3 Å². The molecular weight excluding hydrogens is 348 g/mol. The van der Waals surface area contributed by atoms with Gasteiger partial charge in [-0.15, -0.1) is 0 Å². The molecule has 1 atom stereocenters. The normalized spacial score (nSPS) is 12.5. The van der Waals surface area contributed by atoms with Gasteiger partial charge in [0.2, 0.25) is 0 Å². The number of hydrogen-bond donors (Lipinski definition) is 1. The summed E-state index contributed by atoms with van der Waals surface area (Å²) in [6.07, 6.45) is 0. The van der Waals surface area contributed by atoms with Gasteiger partial charge in [0.15, 0.2) is 0 Å². The first-order valence-electron chi connectivity index (χ1n) is 6.01. The monoisotopic (exact) mass is 359 g/mol. The Balaban J connectivity index is 2.55. The van der Waals surface area contributed by atoms with E-state index in [9.17, 15) is 8.78 Å². The maximum absolute atomic E-state index is 14.1. The summed E-state index contributed by atoms with van der Waals surface area (Å²) < 4.78 is 28.2. The lowest BCUT2D eigenvalue weighted by Crippen LogP contribution is -2.19. The summed E-state index contributed by atoms with van der Waals surface area (Å²) >= 11 is 9.20. The van der Waals surface area contributed by atoms with Crippen LogP contribution >= 0.6 is 27.5 Å². The molecule has 0 bridgehead atoms. The number of halogens is 4. The van der Waals surface area contributed by atoms with Crippen LogP contribution in [0.5, 0.6) is 0 Å². The number of aryl methyl sites for hydroxylation is 1. The van der Waals surface area contributed by atoms with Gasteiger partial charge in [0.05, 0.1) is 11.1 Å². The lowest BCUT2D eigenvalue weighted by Gasteiger charge is -2.19. The molecule has 0 aliphatic carbocycles. The van der Waals surface area contributed by atoms with Crippen LogP contribution in [0.3, 0.4) is 0 Å². The van der Waals surface area contributed by atoms with E-state index in [4.69, 9.17) is 11.6 Å². The topological polar surface area (TPSA) is 12.0 Å². The van der Waals surface area contributed by atoms with E-state index in [-0.39, 0.29) is 5.82 Å². The molecule has 0 amide bonds. The second kappa shape index (κ2) is 6.20. The molecule has 0 saturated carbocycles. The van der Waals surface area contributed by atoms with Gasteiger partial charge in [0.1, 0.15) is 11.6 Å². The van der Waals surface area contributed by atoms with Crippen LogP contribution in [-0.2, 0) is 0 Å². The predicted octanol–water partition coefficient (Wildman–Crippen LogP) is 5.00. The fraction of sp³-hybridized carbons (Fsp3) is 0.200. The molecular formula is C15H13BrClF2N. The Morgan fingerprint density at radius 1 is 1.15 bits per heavy atom. The molecule has 0 spiro atoms. The van der Waals surface area contributed by atoms with Gasteiger partial charge in [-0.25, -0.2) is 8.78 Å². The molecule has 0 aromatic heterocycles. The van der Waals surface area contributed by atoms with Crippen LogP contribution in [0.1, 0.15) is 22.7 Å². The van der Waals surface area contributed by atoms with Gasteiger partial charge in [-0.3, -0.25) is 0 Å². The van der Waals surface area contributed by atoms with Crippen molar-refractivity contribution >= 4 is 27.5 Å². The summed E-state index contributed by atoms with van der Waals surface area (Å²) in [6, 6.07) is 7.04. The quantitative estimate of drug-likeness (QED) is 0.760. The third kappa shape index (κ3) is 3.19. The standard InChI is InChI=1S/C15H13BrClF2N/c1-8-3-9(5-10(18)4-8)15(20-2)11-6-13(17)12(16)7-14(11)19/h3-7,15,20H,1-2H3. The van der Waals surface area contributed by atoms with Crippen molar-refractivity contribution in [1.82, 2.24) is 5.32 Å². The summed E-state index contributed by atoms with van der Waals surface area (Å²) in [5.74, 6) is -0.744. The Morgan fingerprint density at radius 2 is 1.85 bits per heavy atom. The first-order chi connectivity index (χ1) is 9.42. The van der Waals surface area contributed by atoms with Crippen molar-refractivity contribution in [2.45, 2.75) is 13.0 Å². The second-order valence-electron chi connectivity index (χ2n) is 4.57. The van der Waals surface area contributed by atoms with Crippen molar-refractivity contribution in [1.29, 1.82) is 0 Å². The zero-order valence-electron chi connectivity index (χ0n) is 11.0. The average Bonchev–Trinajstić information content (AvgIpc) is 2.35. The molecule has 0 radical (unpaired) electrons. The molecule has 1 nitrogen and oxygen atoms in total. The van der Waals surface area contributed by atoms with Crippen molar-refractivity contribution in [3.05, 3.63) is 68.2 Å². The average molecular weight is 361 g/mol. The van der Waals surface area contributed by atoms with Crippen molar-refractivity contribution in [2.24, 2.45) is 0 Å². The van der Waals surface area contributed by atoms with Crippen LogP contribution in [-0.4, -0.2) is 7.05 Å². The number of benzene rings is 2. The summed E-state index contributed by atoms with van der Waals surface area (Å²) in [7, 11) is 1.69. The smallest absolute Gasteiger partial charge is 0.129 e. The summed E-state index contributed by atoms with van der Waals surface area (Å²) in [5.41, 5.74) is 1.82. The molecule has 1 unspecified atom stereocenters. The van der Waals surface area contributed by atoms with Crippen LogP contribution in [0.2, 0.25) is 5.02 Å². The van der Waals surface area contributed by atoms with Gasteiger partial charge in [0, 0.05) is 10.0 Å². The largest absolute Gasteiger partial charge is 0.309 e. The Hall–Kier alpha value is -0.970. The van der Waals surface area contributed by atoms with Gasteiger partial charge in [0.25, 0.3) is 0 Å². The summed E-state index contributed by atoms with van der Waals surface area (Å²) in [4.78, 5) is 0. The van der Waals surface area contributed by atoms with Crippen LogP contribution in [0.4, 0.5) is 8.78 Å². The molecule has 20 heavy (non-hydrogen) atoms. The van der Waals surface area contributed by atoms with Crippen molar-refractivity contribution in [3.8, 4) is 0 Å². The van der Waals surface area contributed by atoms with Gasteiger partial charge >= 0.3 is 0 Å². The minimum atomic E-state index is -0.463. The fourth-order valence-corrected chi connectivity index (χ4v) is 2.68. The van der Waals surface area contributed by atoms with Gasteiger partial charge in [-0.1, -0.05) is 17.7 Å². The summed E-state index contributed by atoms with van der Waals surface area (Å²) in [5, 5.41) is 3.41. The van der Waals surface area contributed by atoms with Crippen LogP contribution in [0.15, 0.2) is 34.8 Å². The maximum Gasteiger partial charge on any atom is 0.129 e. The molecule has 0 aliphatic rings. The first kappa shape index (κ1) is 15.4. The minimum Gasteiger partial charge on any atom is -0.309 e. The SMILES string of the molecule is CNC(c1cc(C)cc(F)c1)c1cc(Cl)c(Br)cc1F. The highest BCUT2D eigenvalue weighted by molar-refractivity contribution is 9.10. The van der Waals surface area contributed by atoms with E-state index in [0.29, 0.717) is 20.6 Å². The number of hydrogen-bond acceptors (Lipinski definition) is 1. The molecule has 5 heteroatoms. The van der Waals surface area contributed by atoms with E-state index >= 15 is 0 Å². The summed E-state index contributed by atoms with van der Waals surface area (Å²) in [6.45, 7) is 1.80. The maximum atomic E-state index is 14.1. The Morgan fingerprint density at radius 3 is 2.45 bits per heavy atom. The zero-order valence-corrected chi connectivity index (χ0v) is 13.3. The number of nitrogens with one attached hydrogen (secondary N) is 1.